The van der Waals surface area contributed by atoms with Crippen molar-refractivity contribution in [1.82, 2.24) is 10.0 Å². The van der Waals surface area contributed by atoms with Crippen LogP contribution >= 0.6 is 11.3 Å². The maximum Gasteiger partial charge on any atom is 0.273 e. The molecule has 2 aromatic rings. The van der Waals surface area contributed by atoms with Gasteiger partial charge in [0, 0.05) is 16.8 Å². The molecule has 0 fully saturated rings. The second-order valence-electron chi connectivity index (χ2n) is 5.39. The molecule has 0 radical (unpaired) electrons. The topological polar surface area (TPSA) is 71.3 Å². The van der Waals surface area contributed by atoms with Crippen LogP contribution < -0.4 is 10.0 Å². The molecular weight excluding hydrogens is 308 g/mol. The molecule has 2 heterocycles. The van der Waals surface area contributed by atoms with Crippen molar-refractivity contribution >= 4 is 21.4 Å². The first-order valence-electron chi connectivity index (χ1n) is 6.62. The highest BCUT2D eigenvalue weighted by molar-refractivity contribution is 7.89. The summed E-state index contributed by atoms with van der Waals surface area (Å²) in [5.41, 5.74) is 0.0284. The molecule has 0 saturated carbocycles. The third-order valence-corrected chi connectivity index (χ3v) is 5.75. The molecule has 116 valence electrons. The smallest absolute Gasteiger partial charge is 0.273 e. The van der Waals surface area contributed by atoms with Crippen LogP contribution in [0.4, 0.5) is 0 Å². The van der Waals surface area contributed by atoms with Gasteiger partial charge < -0.3 is 9.73 Å². The van der Waals surface area contributed by atoms with E-state index in [1.54, 1.807) is 17.4 Å². The lowest BCUT2D eigenvalue weighted by Gasteiger charge is -2.23. The number of hydrogen-bond donors (Lipinski definition) is 2. The number of nitrogens with one attached hydrogen (secondary N) is 2. The SMILES string of the molecule is CNS(=O)(=O)c1ccc(CNCC(C)(C)c2cccs2)o1. The van der Waals surface area contributed by atoms with Gasteiger partial charge >= 0.3 is 0 Å². The molecule has 0 bridgehead atoms. The summed E-state index contributed by atoms with van der Waals surface area (Å²) >= 11 is 1.74. The Balaban J connectivity index is 1.93. The fourth-order valence-corrected chi connectivity index (χ4v) is 3.46. The predicted molar refractivity (Wildman–Crippen MR) is 84.0 cm³/mol. The van der Waals surface area contributed by atoms with Gasteiger partial charge in [0.15, 0.2) is 0 Å². The van der Waals surface area contributed by atoms with Crippen molar-refractivity contribution in [3.63, 3.8) is 0 Å². The van der Waals surface area contributed by atoms with Crippen LogP contribution in [-0.4, -0.2) is 22.0 Å². The van der Waals surface area contributed by atoms with Crippen molar-refractivity contribution in [2.24, 2.45) is 0 Å². The number of sulfonamides is 1. The fourth-order valence-electron chi connectivity index (χ4n) is 1.95. The van der Waals surface area contributed by atoms with Crippen molar-refractivity contribution in [2.45, 2.75) is 30.9 Å². The van der Waals surface area contributed by atoms with E-state index in [0.717, 1.165) is 6.54 Å². The second kappa shape index (κ2) is 6.31. The lowest BCUT2D eigenvalue weighted by Crippen LogP contribution is -2.31. The highest BCUT2D eigenvalue weighted by Gasteiger charge is 2.21. The highest BCUT2D eigenvalue weighted by atomic mass is 32.2. The van der Waals surface area contributed by atoms with E-state index in [2.05, 4.69) is 35.3 Å². The first-order chi connectivity index (χ1) is 9.85. The molecule has 0 spiro atoms. The monoisotopic (exact) mass is 328 g/mol. The van der Waals surface area contributed by atoms with Gasteiger partial charge in [-0.1, -0.05) is 19.9 Å². The Morgan fingerprint density at radius 1 is 1.29 bits per heavy atom. The van der Waals surface area contributed by atoms with Crippen LogP contribution in [0.2, 0.25) is 0 Å². The Bertz CT molecular complexity index is 673. The van der Waals surface area contributed by atoms with Crippen LogP contribution in [0.1, 0.15) is 24.5 Å². The van der Waals surface area contributed by atoms with Crippen molar-refractivity contribution in [1.29, 1.82) is 0 Å². The third-order valence-electron chi connectivity index (χ3n) is 3.22. The van der Waals surface area contributed by atoms with Crippen molar-refractivity contribution in [3.8, 4) is 0 Å². The van der Waals surface area contributed by atoms with E-state index in [-0.39, 0.29) is 10.5 Å². The second-order valence-corrected chi connectivity index (χ2v) is 8.16. The minimum Gasteiger partial charge on any atom is -0.447 e. The maximum absolute atomic E-state index is 11.6. The van der Waals surface area contributed by atoms with E-state index < -0.39 is 10.0 Å². The van der Waals surface area contributed by atoms with E-state index in [1.165, 1.54) is 18.0 Å². The molecule has 0 aliphatic carbocycles. The summed E-state index contributed by atoms with van der Waals surface area (Å²) < 4.78 is 30.7. The summed E-state index contributed by atoms with van der Waals surface area (Å²) in [7, 11) is -2.15. The number of thiophene rings is 1. The number of furan rings is 1. The van der Waals surface area contributed by atoms with E-state index in [9.17, 15) is 8.42 Å². The van der Waals surface area contributed by atoms with Gasteiger partial charge in [0.1, 0.15) is 5.76 Å². The first-order valence-corrected chi connectivity index (χ1v) is 8.98. The Morgan fingerprint density at radius 2 is 2.05 bits per heavy atom. The molecule has 0 unspecified atom stereocenters. The molecule has 0 atom stereocenters. The molecule has 0 aromatic carbocycles. The zero-order valence-corrected chi connectivity index (χ0v) is 14.0. The summed E-state index contributed by atoms with van der Waals surface area (Å²) in [6, 6.07) is 7.31. The quantitative estimate of drug-likeness (QED) is 0.818. The molecule has 5 nitrogen and oxygen atoms in total. The van der Waals surface area contributed by atoms with Crippen LogP contribution in [0.15, 0.2) is 39.2 Å². The zero-order chi connectivity index (χ0) is 15.5. The van der Waals surface area contributed by atoms with Crippen LogP contribution in [-0.2, 0) is 22.0 Å². The van der Waals surface area contributed by atoms with Crippen LogP contribution in [0.3, 0.4) is 0 Å². The largest absolute Gasteiger partial charge is 0.447 e. The molecule has 2 rings (SSSR count). The van der Waals surface area contributed by atoms with Gasteiger partial charge in [0.2, 0.25) is 5.09 Å². The van der Waals surface area contributed by atoms with Crippen LogP contribution in [0.5, 0.6) is 0 Å². The molecule has 0 amide bonds. The van der Waals surface area contributed by atoms with Crippen molar-refractivity contribution in [3.05, 3.63) is 40.3 Å². The summed E-state index contributed by atoms with van der Waals surface area (Å²) in [5.74, 6) is 0.603. The van der Waals surface area contributed by atoms with E-state index >= 15 is 0 Å². The number of hydrogen-bond acceptors (Lipinski definition) is 5. The van der Waals surface area contributed by atoms with E-state index in [1.807, 2.05) is 6.07 Å². The summed E-state index contributed by atoms with van der Waals surface area (Å²) in [6.07, 6.45) is 0. The standard InChI is InChI=1S/C14H20N2O3S2/c1-14(2,12-5-4-8-20-12)10-16-9-11-6-7-13(19-11)21(17,18)15-3/h4-8,15-16H,9-10H2,1-3H3. The zero-order valence-electron chi connectivity index (χ0n) is 12.3. The van der Waals surface area contributed by atoms with Crippen LogP contribution in [0, 0.1) is 0 Å². The molecule has 21 heavy (non-hydrogen) atoms. The maximum atomic E-state index is 11.6. The summed E-state index contributed by atoms with van der Waals surface area (Å²) in [6.45, 7) is 5.62. The molecule has 0 aliphatic heterocycles. The highest BCUT2D eigenvalue weighted by Crippen LogP contribution is 2.26. The Labute approximate surface area is 129 Å². The minimum atomic E-state index is -3.51. The summed E-state index contributed by atoms with van der Waals surface area (Å²) in [4.78, 5) is 1.31. The van der Waals surface area contributed by atoms with E-state index in [4.69, 9.17) is 4.42 Å². The molecule has 7 heteroatoms. The average molecular weight is 328 g/mol. The van der Waals surface area contributed by atoms with Gasteiger partial charge in [0.05, 0.1) is 6.54 Å². The van der Waals surface area contributed by atoms with Crippen molar-refractivity contribution in [2.75, 3.05) is 13.6 Å². The molecule has 2 N–H and O–H groups in total. The summed E-state index contributed by atoms with van der Waals surface area (Å²) in [5, 5.41) is 5.32. The Hall–Kier alpha value is -1.15. The van der Waals surface area contributed by atoms with Gasteiger partial charge in [-0.25, -0.2) is 13.1 Å². The van der Waals surface area contributed by atoms with Crippen molar-refractivity contribution < 1.29 is 12.8 Å². The van der Waals surface area contributed by atoms with Gasteiger partial charge in [-0.15, -0.1) is 11.3 Å². The fraction of sp³-hybridized carbons (Fsp3) is 0.429. The van der Waals surface area contributed by atoms with E-state index in [0.29, 0.717) is 12.3 Å². The van der Waals surface area contributed by atoms with Crippen LogP contribution in [0.25, 0.3) is 0 Å². The first kappa shape index (κ1) is 16.2. The number of rotatable bonds is 7. The predicted octanol–water partition coefficient (Wildman–Crippen LogP) is 2.32. The third kappa shape index (κ3) is 3.94. The van der Waals surface area contributed by atoms with Gasteiger partial charge in [-0.3, -0.25) is 0 Å². The van der Waals surface area contributed by atoms with Gasteiger partial charge in [0.25, 0.3) is 10.0 Å². The van der Waals surface area contributed by atoms with Gasteiger partial charge in [-0.05, 0) is 30.6 Å². The minimum absolute atomic E-state index is 0.0284. The Kier molecular flexibility index (Phi) is 4.88. The molecule has 2 aromatic heterocycles. The molecular formula is C14H20N2O3S2. The average Bonchev–Trinajstić information content (AvgIpc) is 3.10. The molecule has 0 aliphatic rings. The lowest BCUT2D eigenvalue weighted by molar-refractivity contribution is 0.387. The molecule has 0 saturated heterocycles. The van der Waals surface area contributed by atoms with Gasteiger partial charge in [-0.2, -0.15) is 0 Å². The lowest BCUT2D eigenvalue weighted by atomic mass is 9.91. The normalized spacial score (nSPS) is 12.7. The Morgan fingerprint density at radius 3 is 2.67 bits per heavy atom.